The molecule has 0 atom stereocenters. The number of fused-ring (bicyclic) bond motifs is 1. The van der Waals surface area contributed by atoms with Crippen molar-refractivity contribution >= 4 is 23.5 Å². The van der Waals surface area contributed by atoms with E-state index in [9.17, 15) is 9.59 Å². The molecule has 2 aromatic carbocycles. The summed E-state index contributed by atoms with van der Waals surface area (Å²) in [5.41, 5.74) is 4.45. The van der Waals surface area contributed by atoms with Gasteiger partial charge in [-0.15, -0.1) is 0 Å². The number of amides is 2. The van der Waals surface area contributed by atoms with Crippen molar-refractivity contribution in [2.24, 2.45) is 0 Å². The molecule has 0 saturated heterocycles. The molecule has 2 heterocycles. The molecule has 132 valence electrons. The lowest BCUT2D eigenvalue weighted by Crippen LogP contribution is -2.41. The Labute approximate surface area is 157 Å². The molecular weight excluding hydrogens is 336 g/mol. The Hall–Kier alpha value is -3.53. The smallest absolute Gasteiger partial charge is 0.261 e. The van der Waals surface area contributed by atoms with Gasteiger partial charge in [-0.05, 0) is 42.3 Å². The van der Waals surface area contributed by atoms with Crippen molar-refractivity contribution in [3.05, 3.63) is 101 Å². The molecule has 27 heavy (non-hydrogen) atoms. The minimum Gasteiger partial charge on any atom is -0.269 e. The summed E-state index contributed by atoms with van der Waals surface area (Å²) in [6.07, 6.45) is 3.51. The van der Waals surface area contributed by atoms with Crippen LogP contribution in [0.5, 0.6) is 0 Å². The molecule has 0 N–H and O–H groups in total. The van der Waals surface area contributed by atoms with Crippen LogP contribution < -0.4 is 0 Å². The molecule has 0 saturated carbocycles. The number of aromatic nitrogens is 1. The van der Waals surface area contributed by atoms with Crippen LogP contribution in [0.25, 0.3) is 11.6 Å². The molecule has 0 bridgehead atoms. The van der Waals surface area contributed by atoms with Gasteiger partial charge in [0.05, 0.1) is 12.2 Å². The number of carbonyl (C=O) groups excluding carboxylic acids is 2. The first-order valence-electron chi connectivity index (χ1n) is 8.77. The van der Waals surface area contributed by atoms with Crippen LogP contribution in [0.1, 0.15) is 32.7 Å². The van der Waals surface area contributed by atoms with Gasteiger partial charge in [-0.25, -0.2) is 0 Å². The highest BCUT2D eigenvalue weighted by Gasteiger charge is 2.34. The summed E-state index contributed by atoms with van der Waals surface area (Å²) in [7, 11) is 0. The second-order valence-electron chi connectivity index (χ2n) is 6.54. The quantitative estimate of drug-likeness (QED) is 0.525. The largest absolute Gasteiger partial charge is 0.269 e. The van der Waals surface area contributed by atoms with Crippen LogP contribution in [-0.4, -0.2) is 21.7 Å². The van der Waals surface area contributed by atoms with Crippen molar-refractivity contribution in [2.45, 2.75) is 13.5 Å². The Kier molecular flexibility index (Phi) is 4.38. The average molecular weight is 354 g/mol. The fraction of sp³-hybridized carbons (Fsp3) is 0.0870. The van der Waals surface area contributed by atoms with E-state index in [2.05, 4.69) is 4.98 Å². The van der Waals surface area contributed by atoms with Gasteiger partial charge in [-0.1, -0.05) is 54.1 Å². The molecule has 1 aliphatic heterocycles. The molecule has 4 rings (SSSR count). The first-order valence-corrected chi connectivity index (χ1v) is 8.77. The number of hydrogen-bond acceptors (Lipinski definition) is 3. The van der Waals surface area contributed by atoms with Crippen molar-refractivity contribution < 1.29 is 9.59 Å². The second kappa shape index (κ2) is 7.00. The van der Waals surface area contributed by atoms with Gasteiger partial charge in [0.15, 0.2) is 0 Å². The van der Waals surface area contributed by atoms with Gasteiger partial charge in [0, 0.05) is 17.3 Å². The predicted octanol–water partition coefficient (Wildman–Crippen LogP) is 4.11. The summed E-state index contributed by atoms with van der Waals surface area (Å²) in [5, 5.41) is 0. The minimum atomic E-state index is -0.300. The molecule has 4 nitrogen and oxygen atoms in total. The normalized spacial score (nSPS) is 15.1. The van der Waals surface area contributed by atoms with Crippen molar-refractivity contribution in [2.75, 3.05) is 0 Å². The van der Waals surface area contributed by atoms with Crippen LogP contribution in [0.3, 0.4) is 0 Å². The zero-order valence-corrected chi connectivity index (χ0v) is 14.9. The Bertz CT molecular complexity index is 1050. The van der Waals surface area contributed by atoms with Crippen LogP contribution in [0.4, 0.5) is 0 Å². The SMILES string of the molecule is Cc1cccc(/C=C2/C(=O)N(Cc3ccccn3)C(=O)c3ccccc32)c1. The van der Waals surface area contributed by atoms with Gasteiger partial charge >= 0.3 is 0 Å². The van der Waals surface area contributed by atoms with E-state index in [-0.39, 0.29) is 18.4 Å². The van der Waals surface area contributed by atoms with E-state index >= 15 is 0 Å². The number of rotatable bonds is 3. The van der Waals surface area contributed by atoms with Crippen LogP contribution in [0.15, 0.2) is 72.9 Å². The third-order valence-corrected chi connectivity index (χ3v) is 4.57. The van der Waals surface area contributed by atoms with Gasteiger partial charge in [0.25, 0.3) is 11.8 Å². The zero-order valence-electron chi connectivity index (χ0n) is 14.9. The molecule has 0 fully saturated rings. The summed E-state index contributed by atoms with van der Waals surface area (Å²) in [6, 6.07) is 20.6. The van der Waals surface area contributed by atoms with E-state index in [0.717, 1.165) is 11.1 Å². The number of pyridine rings is 1. The molecule has 2 amide bonds. The first-order chi connectivity index (χ1) is 13.1. The van der Waals surface area contributed by atoms with Crippen LogP contribution >= 0.6 is 0 Å². The van der Waals surface area contributed by atoms with Crippen LogP contribution in [0, 0.1) is 6.92 Å². The lowest BCUT2D eigenvalue weighted by atomic mass is 9.91. The van der Waals surface area contributed by atoms with E-state index < -0.39 is 0 Å². The average Bonchev–Trinajstić information content (AvgIpc) is 2.69. The standard InChI is InChI=1S/C23H18N2O2/c1-16-7-6-8-17(13-16)14-21-19-10-2-3-11-20(19)22(26)25(23(21)27)15-18-9-4-5-12-24-18/h2-14H,15H2,1H3/b21-14+. The fourth-order valence-electron chi connectivity index (χ4n) is 3.27. The highest BCUT2D eigenvalue weighted by molar-refractivity contribution is 6.33. The summed E-state index contributed by atoms with van der Waals surface area (Å²) >= 11 is 0. The molecule has 4 heteroatoms. The third-order valence-electron chi connectivity index (χ3n) is 4.57. The van der Waals surface area contributed by atoms with E-state index in [4.69, 9.17) is 0 Å². The van der Waals surface area contributed by atoms with Crippen LogP contribution in [0.2, 0.25) is 0 Å². The Morgan fingerprint density at radius 1 is 0.889 bits per heavy atom. The number of aryl methyl sites for hydroxylation is 1. The van der Waals surface area contributed by atoms with Crippen LogP contribution in [-0.2, 0) is 11.3 Å². The predicted molar refractivity (Wildman–Crippen MR) is 105 cm³/mol. The Morgan fingerprint density at radius 3 is 2.41 bits per heavy atom. The molecule has 3 aromatic rings. The topological polar surface area (TPSA) is 50.3 Å². The number of imide groups is 1. The number of hydrogen-bond donors (Lipinski definition) is 0. The van der Waals surface area contributed by atoms with Gasteiger partial charge < -0.3 is 0 Å². The molecule has 0 unspecified atom stereocenters. The maximum atomic E-state index is 13.2. The van der Waals surface area contributed by atoms with E-state index in [1.54, 1.807) is 12.3 Å². The molecular formula is C23H18N2O2. The van der Waals surface area contributed by atoms with Gasteiger partial charge in [0.2, 0.25) is 0 Å². The third kappa shape index (κ3) is 3.29. The zero-order chi connectivity index (χ0) is 18.8. The Morgan fingerprint density at radius 2 is 1.67 bits per heavy atom. The van der Waals surface area contributed by atoms with Gasteiger partial charge in [-0.3, -0.25) is 19.5 Å². The highest BCUT2D eigenvalue weighted by atomic mass is 16.2. The molecule has 0 aliphatic carbocycles. The lowest BCUT2D eigenvalue weighted by molar-refractivity contribution is -0.123. The number of benzene rings is 2. The van der Waals surface area contributed by atoms with Gasteiger partial charge in [0.1, 0.15) is 0 Å². The van der Waals surface area contributed by atoms with Crippen molar-refractivity contribution in [3.8, 4) is 0 Å². The number of carbonyl (C=O) groups is 2. The molecule has 1 aliphatic rings. The molecule has 0 radical (unpaired) electrons. The fourth-order valence-corrected chi connectivity index (χ4v) is 3.27. The van der Waals surface area contributed by atoms with E-state index in [1.807, 2.05) is 73.7 Å². The Balaban J connectivity index is 1.81. The summed E-state index contributed by atoms with van der Waals surface area (Å²) < 4.78 is 0. The maximum absolute atomic E-state index is 13.2. The van der Waals surface area contributed by atoms with Crippen molar-refractivity contribution in [3.63, 3.8) is 0 Å². The van der Waals surface area contributed by atoms with Gasteiger partial charge in [-0.2, -0.15) is 0 Å². The maximum Gasteiger partial charge on any atom is 0.261 e. The van der Waals surface area contributed by atoms with E-state index in [0.29, 0.717) is 22.4 Å². The lowest BCUT2D eigenvalue weighted by Gasteiger charge is -2.28. The second-order valence-corrected chi connectivity index (χ2v) is 6.54. The number of nitrogens with zero attached hydrogens (tertiary/aromatic N) is 2. The summed E-state index contributed by atoms with van der Waals surface area (Å²) in [4.78, 5) is 31.7. The summed E-state index contributed by atoms with van der Waals surface area (Å²) in [6.45, 7) is 2.16. The molecule has 1 aromatic heterocycles. The highest BCUT2D eigenvalue weighted by Crippen LogP contribution is 2.31. The van der Waals surface area contributed by atoms with Crippen molar-refractivity contribution in [1.29, 1.82) is 0 Å². The monoisotopic (exact) mass is 354 g/mol. The van der Waals surface area contributed by atoms with Crippen molar-refractivity contribution in [1.82, 2.24) is 9.88 Å². The minimum absolute atomic E-state index is 0.151. The van der Waals surface area contributed by atoms with E-state index in [1.165, 1.54) is 4.90 Å². The summed E-state index contributed by atoms with van der Waals surface area (Å²) in [5.74, 6) is -0.589. The first kappa shape index (κ1) is 16.9. The molecule has 0 spiro atoms.